The lowest BCUT2D eigenvalue weighted by atomic mass is 10.1. The van der Waals surface area contributed by atoms with Crippen molar-refractivity contribution in [2.24, 2.45) is 0 Å². The van der Waals surface area contributed by atoms with Gasteiger partial charge in [-0.15, -0.1) is 11.3 Å². The summed E-state index contributed by atoms with van der Waals surface area (Å²) < 4.78 is 45.2. The molecule has 3 nitrogen and oxygen atoms in total. The summed E-state index contributed by atoms with van der Waals surface area (Å²) in [5, 5.41) is 9.95. The first-order chi connectivity index (χ1) is 11.3. The Balaban J connectivity index is 1.83. The van der Waals surface area contributed by atoms with Gasteiger partial charge in [-0.3, -0.25) is 0 Å². The van der Waals surface area contributed by atoms with Crippen LogP contribution in [0.2, 0.25) is 0 Å². The second-order valence-corrected chi connectivity index (χ2v) is 6.61. The topological polar surface area (TPSA) is 42.4 Å². The molecule has 3 rings (SSSR count). The van der Waals surface area contributed by atoms with E-state index in [-0.39, 0.29) is 19.0 Å². The molecule has 0 aliphatic carbocycles. The van der Waals surface area contributed by atoms with Crippen molar-refractivity contribution in [1.29, 1.82) is 0 Å². The number of hydrogen-bond acceptors (Lipinski definition) is 4. The Morgan fingerprint density at radius 3 is 2.50 bits per heavy atom. The number of rotatable bonds is 4. The van der Waals surface area contributed by atoms with Crippen LogP contribution in [0.5, 0.6) is 5.75 Å². The minimum absolute atomic E-state index is 0.0322. The van der Waals surface area contributed by atoms with E-state index in [2.05, 4.69) is 4.98 Å². The number of fused-ring (bicyclic) bond motifs is 1. The lowest BCUT2D eigenvalue weighted by molar-refractivity contribution is -0.137. The molecule has 2 aromatic carbocycles. The highest BCUT2D eigenvalue weighted by Gasteiger charge is 2.31. The van der Waals surface area contributed by atoms with Crippen molar-refractivity contribution in [3.63, 3.8) is 0 Å². The molecule has 0 radical (unpaired) electrons. The molecule has 0 aliphatic heterocycles. The van der Waals surface area contributed by atoms with Crippen LogP contribution >= 0.6 is 11.3 Å². The van der Waals surface area contributed by atoms with Crippen LogP contribution in [-0.4, -0.2) is 10.1 Å². The minimum atomic E-state index is -4.40. The number of phenolic OH excluding ortho intramolecular Hbond substituents is 1. The highest BCUT2D eigenvalue weighted by atomic mass is 32.1. The maximum absolute atomic E-state index is 13.0. The van der Waals surface area contributed by atoms with Gasteiger partial charge in [0.1, 0.15) is 5.75 Å². The van der Waals surface area contributed by atoms with Crippen molar-refractivity contribution in [2.75, 3.05) is 0 Å². The van der Waals surface area contributed by atoms with Gasteiger partial charge in [0.25, 0.3) is 0 Å². The van der Waals surface area contributed by atoms with Crippen molar-refractivity contribution in [3.8, 4) is 5.75 Å². The van der Waals surface area contributed by atoms with E-state index in [0.29, 0.717) is 20.8 Å². The van der Waals surface area contributed by atoms with Crippen molar-refractivity contribution in [1.82, 2.24) is 4.98 Å². The van der Waals surface area contributed by atoms with Crippen LogP contribution in [0.15, 0.2) is 36.4 Å². The molecule has 126 valence electrons. The van der Waals surface area contributed by atoms with Gasteiger partial charge >= 0.3 is 6.18 Å². The first-order valence-corrected chi connectivity index (χ1v) is 7.97. The summed E-state index contributed by atoms with van der Waals surface area (Å²) in [6, 6.07) is 8.69. The summed E-state index contributed by atoms with van der Waals surface area (Å²) in [6.45, 7) is 2.03. The molecule has 0 aliphatic rings. The molecule has 0 unspecified atom stereocenters. The number of halogens is 3. The summed E-state index contributed by atoms with van der Waals surface area (Å²) in [4.78, 5) is 4.31. The number of thiazole rings is 1. The molecule has 7 heteroatoms. The molecular formula is C17H14F3NO2S. The fourth-order valence-corrected chi connectivity index (χ4v) is 3.27. The summed E-state index contributed by atoms with van der Waals surface area (Å²) in [7, 11) is 0. The number of aromatic nitrogens is 1. The van der Waals surface area contributed by atoms with E-state index in [1.807, 2.05) is 0 Å². The van der Waals surface area contributed by atoms with Gasteiger partial charge in [-0.25, -0.2) is 4.98 Å². The Bertz CT molecular complexity index is 857. The molecule has 0 amide bonds. The van der Waals surface area contributed by atoms with Gasteiger partial charge in [-0.1, -0.05) is 12.1 Å². The molecule has 1 N–H and O–H groups in total. The standard InChI is InChI=1S/C17H14F3NO2S/c1-10-21-16-12(6-13(17(18,19)20)7-15(16)24-10)9-23-8-11-2-4-14(22)5-3-11/h2-7,22H,8-9H2,1H3. The molecular weight excluding hydrogens is 339 g/mol. The Morgan fingerprint density at radius 1 is 1.12 bits per heavy atom. The predicted octanol–water partition coefficient (Wildman–Crippen LogP) is 5.05. The summed E-state index contributed by atoms with van der Waals surface area (Å²) in [5.41, 5.74) is 1.10. The summed E-state index contributed by atoms with van der Waals surface area (Å²) >= 11 is 1.23. The van der Waals surface area contributed by atoms with Crippen molar-refractivity contribution in [2.45, 2.75) is 26.3 Å². The van der Waals surface area contributed by atoms with Crippen LogP contribution in [0.3, 0.4) is 0 Å². The fraction of sp³-hybridized carbons (Fsp3) is 0.235. The number of phenols is 1. The van der Waals surface area contributed by atoms with Gasteiger partial charge < -0.3 is 9.84 Å². The lowest BCUT2D eigenvalue weighted by Gasteiger charge is -2.10. The fourth-order valence-electron chi connectivity index (χ4n) is 2.35. The lowest BCUT2D eigenvalue weighted by Crippen LogP contribution is -2.06. The first kappa shape index (κ1) is 16.7. The predicted molar refractivity (Wildman–Crippen MR) is 86.0 cm³/mol. The molecule has 0 bridgehead atoms. The summed E-state index contributed by atoms with van der Waals surface area (Å²) in [5.74, 6) is 0.149. The van der Waals surface area contributed by atoms with Gasteiger partial charge in [-0.05, 0) is 36.8 Å². The number of aryl methyl sites for hydroxylation is 1. The van der Waals surface area contributed by atoms with Crippen LogP contribution in [0.25, 0.3) is 10.2 Å². The highest BCUT2D eigenvalue weighted by molar-refractivity contribution is 7.18. The van der Waals surface area contributed by atoms with Gasteiger partial charge in [0.15, 0.2) is 0 Å². The molecule has 1 heterocycles. The molecule has 0 spiro atoms. The number of benzene rings is 2. The number of alkyl halides is 3. The number of hydrogen-bond donors (Lipinski definition) is 1. The van der Waals surface area contributed by atoms with Crippen molar-refractivity contribution >= 4 is 21.6 Å². The highest BCUT2D eigenvalue weighted by Crippen LogP contribution is 2.35. The zero-order valence-corrected chi connectivity index (χ0v) is 13.5. The van der Waals surface area contributed by atoms with Gasteiger partial charge in [0.2, 0.25) is 0 Å². The van der Waals surface area contributed by atoms with Crippen LogP contribution in [0, 0.1) is 6.92 Å². The maximum atomic E-state index is 13.0. The van der Waals surface area contributed by atoms with Gasteiger partial charge in [-0.2, -0.15) is 13.2 Å². The average Bonchev–Trinajstić information content (AvgIpc) is 2.88. The van der Waals surface area contributed by atoms with Crippen LogP contribution < -0.4 is 0 Å². The molecule has 1 aromatic heterocycles. The second-order valence-electron chi connectivity index (χ2n) is 5.37. The van der Waals surface area contributed by atoms with E-state index in [1.54, 1.807) is 19.1 Å². The molecule has 0 saturated carbocycles. The minimum Gasteiger partial charge on any atom is -0.508 e. The number of ether oxygens (including phenoxy) is 1. The summed E-state index contributed by atoms with van der Waals surface area (Å²) in [6.07, 6.45) is -4.40. The smallest absolute Gasteiger partial charge is 0.416 e. The van der Waals surface area contributed by atoms with Crippen molar-refractivity contribution in [3.05, 3.63) is 58.1 Å². The second kappa shape index (κ2) is 6.41. The molecule has 0 saturated heterocycles. The van der Waals surface area contributed by atoms with E-state index in [9.17, 15) is 18.3 Å². The Kier molecular flexibility index (Phi) is 4.47. The third kappa shape index (κ3) is 3.68. The maximum Gasteiger partial charge on any atom is 0.416 e. The quantitative estimate of drug-likeness (QED) is 0.714. The Labute approximate surface area is 140 Å². The third-order valence-corrected chi connectivity index (χ3v) is 4.39. The van der Waals surface area contributed by atoms with E-state index in [0.717, 1.165) is 17.7 Å². The molecule has 24 heavy (non-hydrogen) atoms. The normalized spacial score (nSPS) is 12.0. The van der Waals surface area contributed by atoms with E-state index < -0.39 is 11.7 Å². The molecule has 0 fully saturated rings. The number of nitrogens with zero attached hydrogens (tertiary/aromatic N) is 1. The van der Waals surface area contributed by atoms with Crippen LogP contribution in [0.1, 0.15) is 21.7 Å². The average molecular weight is 353 g/mol. The van der Waals surface area contributed by atoms with E-state index in [4.69, 9.17) is 4.74 Å². The van der Waals surface area contributed by atoms with E-state index in [1.165, 1.54) is 23.5 Å². The Morgan fingerprint density at radius 2 is 1.83 bits per heavy atom. The SMILES string of the molecule is Cc1nc2c(COCc3ccc(O)cc3)cc(C(F)(F)F)cc2s1. The monoisotopic (exact) mass is 353 g/mol. The number of aromatic hydroxyl groups is 1. The third-order valence-electron chi connectivity index (χ3n) is 3.47. The first-order valence-electron chi connectivity index (χ1n) is 7.16. The zero-order valence-electron chi connectivity index (χ0n) is 12.7. The molecule has 0 atom stereocenters. The van der Waals surface area contributed by atoms with Crippen LogP contribution in [-0.2, 0) is 24.1 Å². The van der Waals surface area contributed by atoms with Gasteiger partial charge in [0, 0.05) is 5.56 Å². The van der Waals surface area contributed by atoms with E-state index >= 15 is 0 Å². The van der Waals surface area contributed by atoms with Crippen molar-refractivity contribution < 1.29 is 23.0 Å². The Hall–Kier alpha value is -2.12. The largest absolute Gasteiger partial charge is 0.508 e. The zero-order chi connectivity index (χ0) is 17.3. The van der Waals surface area contributed by atoms with Crippen LogP contribution in [0.4, 0.5) is 13.2 Å². The molecule has 3 aromatic rings. The van der Waals surface area contributed by atoms with Gasteiger partial charge in [0.05, 0.1) is 34.0 Å².